The average molecular weight is 438 g/mol. The lowest BCUT2D eigenvalue weighted by molar-refractivity contribution is 0.559. The summed E-state index contributed by atoms with van der Waals surface area (Å²) in [6, 6.07) is 11.1. The molecule has 3 N–H and O–H groups in total. The molecule has 1 aromatic carbocycles. The number of hydrogen-bond acceptors (Lipinski definition) is 7. The van der Waals surface area contributed by atoms with Gasteiger partial charge in [0.25, 0.3) is 0 Å². The highest BCUT2D eigenvalue weighted by molar-refractivity contribution is 5.95. The maximum absolute atomic E-state index is 14.9. The second-order valence-electron chi connectivity index (χ2n) is 7.19. The molecular formula is C22H21ClFN7. The molecule has 0 radical (unpaired) electrons. The molecule has 1 aliphatic heterocycles. The van der Waals surface area contributed by atoms with Crippen molar-refractivity contribution >= 4 is 34.9 Å². The number of nitrogens with two attached hydrogens (primary N) is 1. The number of fused-ring (bicyclic) bond motifs is 1. The van der Waals surface area contributed by atoms with Gasteiger partial charge in [0.1, 0.15) is 12.1 Å². The van der Waals surface area contributed by atoms with Crippen molar-refractivity contribution in [3.63, 3.8) is 0 Å². The van der Waals surface area contributed by atoms with E-state index in [0.717, 1.165) is 48.2 Å². The number of nitrogens with zero attached hydrogens (tertiary/aromatic N) is 5. The summed E-state index contributed by atoms with van der Waals surface area (Å²) < 4.78 is 14.9. The highest BCUT2D eigenvalue weighted by Crippen LogP contribution is 2.31. The Balaban J connectivity index is 0.00000231. The lowest BCUT2D eigenvalue weighted by Gasteiger charge is -2.28. The van der Waals surface area contributed by atoms with E-state index < -0.39 is 0 Å². The molecular weight excluding hydrogens is 417 g/mol. The first kappa shape index (κ1) is 20.9. The van der Waals surface area contributed by atoms with E-state index in [-0.39, 0.29) is 18.2 Å². The first-order valence-electron chi connectivity index (χ1n) is 9.77. The normalized spacial score (nSPS) is 13.8. The minimum atomic E-state index is -0.348. The molecule has 0 aliphatic carbocycles. The Labute approximate surface area is 185 Å². The first-order valence-corrected chi connectivity index (χ1v) is 9.77. The molecule has 4 heterocycles. The van der Waals surface area contributed by atoms with Gasteiger partial charge < -0.3 is 16.0 Å². The second-order valence-corrected chi connectivity index (χ2v) is 7.19. The van der Waals surface area contributed by atoms with Gasteiger partial charge in [-0.3, -0.25) is 0 Å². The van der Waals surface area contributed by atoms with Crippen LogP contribution in [0.4, 0.5) is 16.0 Å². The molecule has 31 heavy (non-hydrogen) atoms. The Morgan fingerprint density at radius 3 is 2.48 bits per heavy atom. The predicted molar refractivity (Wildman–Crippen MR) is 123 cm³/mol. The Kier molecular flexibility index (Phi) is 5.92. The van der Waals surface area contributed by atoms with Crippen molar-refractivity contribution in [2.24, 2.45) is 0 Å². The standard InChI is InChI=1S/C22H20FN7.ClH/c23-18-10-16(12-27-22(18)30-7-5-25-6-8-30)21-17-9-14(1-2-19(17)28-13-29-21)15-3-4-26-20(24)11-15;/h1-4,9-13,25H,5-8H2,(H2,24,26);1H. The van der Waals surface area contributed by atoms with Crippen molar-refractivity contribution in [1.29, 1.82) is 0 Å². The van der Waals surface area contributed by atoms with Crippen LogP contribution in [0.15, 0.2) is 55.1 Å². The fraction of sp³-hybridized carbons (Fsp3) is 0.182. The highest BCUT2D eigenvalue weighted by Gasteiger charge is 2.18. The van der Waals surface area contributed by atoms with Gasteiger partial charge in [-0.25, -0.2) is 24.3 Å². The minimum Gasteiger partial charge on any atom is -0.384 e. The van der Waals surface area contributed by atoms with Gasteiger partial charge in [0.15, 0.2) is 11.6 Å². The molecule has 0 amide bonds. The van der Waals surface area contributed by atoms with Crippen LogP contribution in [0.25, 0.3) is 33.3 Å². The minimum absolute atomic E-state index is 0. The fourth-order valence-corrected chi connectivity index (χ4v) is 3.76. The van der Waals surface area contributed by atoms with Crippen molar-refractivity contribution in [3.05, 3.63) is 60.9 Å². The van der Waals surface area contributed by atoms with Crippen molar-refractivity contribution in [2.45, 2.75) is 0 Å². The summed E-state index contributed by atoms with van der Waals surface area (Å²) >= 11 is 0. The summed E-state index contributed by atoms with van der Waals surface area (Å²) in [6.45, 7) is 3.11. The monoisotopic (exact) mass is 437 g/mol. The molecule has 1 fully saturated rings. The SMILES string of the molecule is Cl.Nc1cc(-c2ccc3ncnc(-c4cnc(N5CCNCC5)c(F)c4)c3c2)ccn1. The summed E-state index contributed by atoms with van der Waals surface area (Å²) in [7, 11) is 0. The van der Waals surface area contributed by atoms with Crippen molar-refractivity contribution in [1.82, 2.24) is 25.3 Å². The van der Waals surface area contributed by atoms with E-state index >= 15 is 0 Å². The lowest BCUT2D eigenvalue weighted by Crippen LogP contribution is -2.44. The number of piperazine rings is 1. The van der Waals surface area contributed by atoms with Crippen molar-refractivity contribution in [2.75, 3.05) is 36.8 Å². The largest absolute Gasteiger partial charge is 0.384 e. The Morgan fingerprint density at radius 1 is 0.903 bits per heavy atom. The van der Waals surface area contributed by atoms with Gasteiger partial charge in [0.05, 0.1) is 11.2 Å². The summed E-state index contributed by atoms with van der Waals surface area (Å²) in [4.78, 5) is 19.2. The summed E-state index contributed by atoms with van der Waals surface area (Å²) in [6.07, 6.45) is 4.84. The van der Waals surface area contributed by atoms with Crippen LogP contribution in [0.5, 0.6) is 0 Å². The number of benzene rings is 1. The van der Waals surface area contributed by atoms with Crippen molar-refractivity contribution < 1.29 is 4.39 Å². The molecule has 4 aromatic rings. The van der Waals surface area contributed by atoms with Gasteiger partial charge in [-0.2, -0.15) is 0 Å². The van der Waals surface area contributed by atoms with E-state index in [1.165, 1.54) is 12.4 Å². The van der Waals surface area contributed by atoms with Gasteiger partial charge in [0, 0.05) is 49.5 Å². The molecule has 0 spiro atoms. The zero-order chi connectivity index (χ0) is 20.5. The third kappa shape index (κ3) is 4.12. The molecule has 9 heteroatoms. The van der Waals surface area contributed by atoms with Crippen LogP contribution >= 0.6 is 12.4 Å². The molecule has 0 unspecified atom stereocenters. The van der Waals surface area contributed by atoms with E-state index in [0.29, 0.717) is 22.9 Å². The van der Waals surface area contributed by atoms with E-state index in [2.05, 4.69) is 25.3 Å². The van der Waals surface area contributed by atoms with Gasteiger partial charge in [-0.05, 0) is 41.5 Å². The quantitative estimate of drug-likeness (QED) is 0.508. The number of halogens is 2. The molecule has 0 saturated carbocycles. The van der Waals surface area contributed by atoms with E-state index in [9.17, 15) is 4.39 Å². The molecule has 0 atom stereocenters. The number of nitrogen functional groups attached to an aromatic ring is 1. The van der Waals surface area contributed by atoms with Crippen LogP contribution in [-0.4, -0.2) is 46.1 Å². The second kappa shape index (κ2) is 8.79. The zero-order valence-electron chi connectivity index (χ0n) is 16.6. The summed E-state index contributed by atoms with van der Waals surface area (Å²) in [5, 5.41) is 4.08. The number of rotatable bonds is 3. The average Bonchev–Trinajstić information content (AvgIpc) is 2.79. The Morgan fingerprint density at radius 2 is 1.71 bits per heavy atom. The van der Waals surface area contributed by atoms with E-state index in [1.54, 1.807) is 12.4 Å². The van der Waals surface area contributed by atoms with Gasteiger partial charge in [-0.1, -0.05) is 6.07 Å². The number of aromatic nitrogens is 4. The smallest absolute Gasteiger partial charge is 0.166 e. The molecule has 158 valence electrons. The number of nitrogens with one attached hydrogen (secondary N) is 1. The van der Waals surface area contributed by atoms with Crippen LogP contribution < -0.4 is 16.0 Å². The highest BCUT2D eigenvalue weighted by atomic mass is 35.5. The third-order valence-corrected chi connectivity index (χ3v) is 5.26. The fourth-order valence-electron chi connectivity index (χ4n) is 3.76. The molecule has 1 saturated heterocycles. The summed E-state index contributed by atoms with van der Waals surface area (Å²) in [5.74, 6) is 0.484. The number of hydrogen-bond donors (Lipinski definition) is 2. The topological polar surface area (TPSA) is 92.8 Å². The Hall–Kier alpha value is -3.36. The molecule has 0 bridgehead atoms. The maximum Gasteiger partial charge on any atom is 0.166 e. The Bertz CT molecular complexity index is 1230. The van der Waals surface area contributed by atoms with E-state index in [4.69, 9.17) is 5.73 Å². The van der Waals surface area contributed by atoms with E-state index in [1.807, 2.05) is 35.2 Å². The van der Waals surface area contributed by atoms with Gasteiger partial charge in [-0.15, -0.1) is 12.4 Å². The molecule has 3 aromatic heterocycles. The third-order valence-electron chi connectivity index (χ3n) is 5.26. The first-order chi connectivity index (χ1) is 14.7. The molecule has 1 aliphatic rings. The number of pyridine rings is 2. The molecule has 7 nitrogen and oxygen atoms in total. The van der Waals surface area contributed by atoms with Crippen molar-refractivity contribution in [3.8, 4) is 22.4 Å². The summed E-state index contributed by atoms with van der Waals surface area (Å²) in [5.41, 5.74) is 9.76. The van der Waals surface area contributed by atoms with Crippen LogP contribution in [0.1, 0.15) is 0 Å². The maximum atomic E-state index is 14.9. The lowest BCUT2D eigenvalue weighted by atomic mass is 10.0. The molecule has 5 rings (SSSR count). The number of anilines is 2. The zero-order valence-corrected chi connectivity index (χ0v) is 17.4. The predicted octanol–water partition coefficient (Wildman–Crippen LogP) is 3.31. The van der Waals surface area contributed by atoms with Gasteiger partial charge >= 0.3 is 0 Å². The van der Waals surface area contributed by atoms with Gasteiger partial charge in [0.2, 0.25) is 0 Å². The van der Waals surface area contributed by atoms with Crippen LogP contribution in [-0.2, 0) is 0 Å². The van der Waals surface area contributed by atoms with Crippen LogP contribution in [0, 0.1) is 5.82 Å². The van der Waals surface area contributed by atoms with Crippen LogP contribution in [0.2, 0.25) is 0 Å². The van der Waals surface area contributed by atoms with Crippen LogP contribution in [0.3, 0.4) is 0 Å².